The Morgan fingerprint density at radius 3 is 2.57 bits per heavy atom. The summed E-state index contributed by atoms with van der Waals surface area (Å²) in [6.07, 6.45) is 2.44. The second kappa shape index (κ2) is 10.8. The lowest BCUT2D eigenvalue weighted by atomic mass is 10.3. The van der Waals surface area contributed by atoms with E-state index in [0.717, 1.165) is 49.3 Å². The fourth-order valence-electron chi connectivity index (χ4n) is 3.17. The van der Waals surface area contributed by atoms with Gasteiger partial charge in [-0.1, -0.05) is 0 Å². The Balaban J connectivity index is 0.00000280. The summed E-state index contributed by atoms with van der Waals surface area (Å²) in [5.74, 6) is 1.28. The zero-order valence-electron chi connectivity index (χ0n) is 16.6. The Morgan fingerprint density at radius 1 is 1.29 bits per heavy atom. The second-order valence-electron chi connectivity index (χ2n) is 6.48. The number of carbonyl (C=O) groups excluding carboxylic acids is 1. The van der Waals surface area contributed by atoms with E-state index in [-0.39, 0.29) is 29.9 Å². The van der Waals surface area contributed by atoms with Crippen LogP contribution in [0.5, 0.6) is 0 Å². The molecule has 3 heterocycles. The molecule has 0 saturated carbocycles. The first kappa shape index (κ1) is 22.7. The number of aliphatic imine (C=N–C) groups is 1. The molecule has 154 valence electrons. The molecule has 7 nitrogen and oxygen atoms in total. The number of thiazole rings is 1. The van der Waals surface area contributed by atoms with E-state index in [1.54, 1.807) is 23.5 Å². The maximum Gasteiger partial charge on any atom is 0.289 e. The number of nitrogens with zero attached hydrogens (tertiary/aromatic N) is 4. The predicted molar refractivity (Wildman–Crippen MR) is 123 cm³/mol. The van der Waals surface area contributed by atoms with Crippen LogP contribution in [0.1, 0.15) is 33.1 Å². The maximum absolute atomic E-state index is 12.4. The van der Waals surface area contributed by atoms with Crippen LogP contribution in [0.25, 0.3) is 0 Å². The highest BCUT2D eigenvalue weighted by atomic mass is 127. The fraction of sp³-hybridized carbons (Fsp3) is 0.526. The van der Waals surface area contributed by atoms with E-state index in [1.807, 2.05) is 11.8 Å². The Hall–Kier alpha value is -1.62. The molecular weight excluding hydrogens is 489 g/mol. The smallest absolute Gasteiger partial charge is 0.289 e. The van der Waals surface area contributed by atoms with E-state index < -0.39 is 0 Å². The highest BCUT2D eigenvalue weighted by Gasteiger charge is 2.25. The van der Waals surface area contributed by atoms with Crippen molar-refractivity contribution in [2.75, 3.05) is 39.3 Å². The van der Waals surface area contributed by atoms with Crippen LogP contribution in [0.15, 0.2) is 27.8 Å². The average Bonchev–Trinajstić information content (AvgIpc) is 3.30. The monoisotopic (exact) mass is 517 g/mol. The topological polar surface area (TPSA) is 74.0 Å². The van der Waals surface area contributed by atoms with E-state index in [1.165, 1.54) is 11.1 Å². The van der Waals surface area contributed by atoms with Crippen LogP contribution in [0.3, 0.4) is 0 Å². The summed E-state index contributed by atoms with van der Waals surface area (Å²) in [5, 5.41) is 4.48. The Morgan fingerprint density at radius 2 is 2.00 bits per heavy atom. The SMILES string of the molecule is CCNC(=NCCc1sc(C)nc1C)N1CCN(C(=O)c2ccco2)CC1.I. The maximum atomic E-state index is 12.4. The minimum absolute atomic E-state index is 0. The number of piperazine rings is 1. The zero-order valence-corrected chi connectivity index (χ0v) is 19.8. The van der Waals surface area contributed by atoms with E-state index in [4.69, 9.17) is 9.41 Å². The molecule has 1 amide bonds. The van der Waals surface area contributed by atoms with Gasteiger partial charge in [-0.3, -0.25) is 9.79 Å². The van der Waals surface area contributed by atoms with Crippen LogP contribution in [0.4, 0.5) is 0 Å². The van der Waals surface area contributed by atoms with Crippen LogP contribution in [0, 0.1) is 13.8 Å². The lowest BCUT2D eigenvalue weighted by Crippen LogP contribution is -2.53. The Labute approximate surface area is 187 Å². The first-order valence-corrected chi connectivity index (χ1v) is 10.2. The van der Waals surface area contributed by atoms with E-state index in [9.17, 15) is 4.79 Å². The van der Waals surface area contributed by atoms with Gasteiger partial charge in [-0.15, -0.1) is 35.3 Å². The molecule has 9 heteroatoms. The Kier molecular flexibility index (Phi) is 8.74. The van der Waals surface area contributed by atoms with Crippen molar-refractivity contribution in [3.8, 4) is 0 Å². The number of hydrogen-bond donors (Lipinski definition) is 1. The van der Waals surface area contributed by atoms with Gasteiger partial charge in [0.2, 0.25) is 0 Å². The third kappa shape index (κ3) is 5.69. The highest BCUT2D eigenvalue weighted by molar-refractivity contribution is 14.0. The molecule has 0 unspecified atom stereocenters. The average molecular weight is 517 g/mol. The number of hydrogen-bond acceptors (Lipinski definition) is 5. The molecule has 3 rings (SSSR count). The first-order valence-electron chi connectivity index (χ1n) is 9.37. The lowest BCUT2D eigenvalue weighted by molar-refractivity contribution is 0.0657. The molecule has 0 spiro atoms. The van der Waals surface area contributed by atoms with Crippen molar-refractivity contribution in [1.82, 2.24) is 20.1 Å². The molecule has 0 bridgehead atoms. The van der Waals surface area contributed by atoms with Crippen LogP contribution in [-0.2, 0) is 6.42 Å². The second-order valence-corrected chi connectivity index (χ2v) is 7.77. The largest absolute Gasteiger partial charge is 0.459 e. The van der Waals surface area contributed by atoms with Gasteiger partial charge in [0.05, 0.1) is 17.0 Å². The molecule has 0 radical (unpaired) electrons. The van der Waals surface area contributed by atoms with Crippen LogP contribution >= 0.6 is 35.3 Å². The van der Waals surface area contributed by atoms with Gasteiger partial charge in [0.25, 0.3) is 5.91 Å². The minimum Gasteiger partial charge on any atom is -0.459 e. The summed E-state index contributed by atoms with van der Waals surface area (Å²) >= 11 is 1.75. The molecule has 0 aromatic carbocycles. The van der Waals surface area contributed by atoms with Crippen molar-refractivity contribution < 1.29 is 9.21 Å². The summed E-state index contributed by atoms with van der Waals surface area (Å²) in [6, 6.07) is 3.45. The van der Waals surface area contributed by atoms with E-state index in [0.29, 0.717) is 18.8 Å². The van der Waals surface area contributed by atoms with Crippen LogP contribution in [-0.4, -0.2) is 65.9 Å². The normalized spacial score (nSPS) is 14.8. The fourth-order valence-corrected chi connectivity index (χ4v) is 4.10. The molecule has 28 heavy (non-hydrogen) atoms. The standard InChI is InChI=1S/C19H27N5O2S.HI/c1-4-20-19(21-8-7-17-14(2)22-15(3)27-17)24-11-9-23(10-12-24)18(25)16-6-5-13-26-16;/h5-6,13H,4,7-12H2,1-3H3,(H,20,21);1H. The number of nitrogens with one attached hydrogen (secondary N) is 1. The molecule has 0 aliphatic carbocycles. The van der Waals surface area contributed by atoms with Gasteiger partial charge in [-0.2, -0.15) is 0 Å². The van der Waals surface area contributed by atoms with Gasteiger partial charge in [0.1, 0.15) is 0 Å². The van der Waals surface area contributed by atoms with Gasteiger partial charge in [0.15, 0.2) is 11.7 Å². The molecule has 1 aliphatic rings. The van der Waals surface area contributed by atoms with Gasteiger partial charge >= 0.3 is 0 Å². The van der Waals surface area contributed by atoms with Gasteiger partial charge in [0, 0.05) is 50.6 Å². The number of halogens is 1. The molecule has 2 aromatic heterocycles. The summed E-state index contributed by atoms with van der Waals surface area (Å²) in [6.45, 7) is 10.6. The van der Waals surface area contributed by atoms with Crippen molar-refractivity contribution in [1.29, 1.82) is 0 Å². The number of furan rings is 1. The molecular formula is C19H28IN5O2S. The summed E-state index contributed by atoms with van der Waals surface area (Å²) in [7, 11) is 0. The van der Waals surface area contributed by atoms with Crippen molar-refractivity contribution in [2.45, 2.75) is 27.2 Å². The van der Waals surface area contributed by atoms with E-state index in [2.05, 4.69) is 29.0 Å². The minimum atomic E-state index is -0.0439. The zero-order chi connectivity index (χ0) is 19.2. The molecule has 1 saturated heterocycles. The summed E-state index contributed by atoms with van der Waals surface area (Å²) in [5.41, 5.74) is 1.11. The number of carbonyl (C=O) groups is 1. The number of rotatable bonds is 5. The van der Waals surface area contributed by atoms with Gasteiger partial charge < -0.3 is 19.5 Å². The van der Waals surface area contributed by atoms with E-state index >= 15 is 0 Å². The summed E-state index contributed by atoms with van der Waals surface area (Å²) < 4.78 is 5.22. The molecule has 1 N–H and O–H groups in total. The molecule has 0 atom stereocenters. The first-order chi connectivity index (χ1) is 13.1. The van der Waals surface area contributed by atoms with Crippen molar-refractivity contribution in [2.24, 2.45) is 4.99 Å². The van der Waals surface area contributed by atoms with Gasteiger partial charge in [-0.25, -0.2) is 4.98 Å². The summed E-state index contributed by atoms with van der Waals surface area (Å²) in [4.78, 5) is 27.0. The number of aromatic nitrogens is 1. The van der Waals surface area contributed by atoms with Crippen molar-refractivity contribution in [3.05, 3.63) is 39.7 Å². The molecule has 1 fully saturated rings. The van der Waals surface area contributed by atoms with Crippen molar-refractivity contribution in [3.63, 3.8) is 0 Å². The number of aryl methyl sites for hydroxylation is 2. The van der Waals surface area contributed by atoms with Crippen LogP contribution < -0.4 is 5.32 Å². The predicted octanol–water partition coefficient (Wildman–Crippen LogP) is 2.94. The lowest BCUT2D eigenvalue weighted by Gasteiger charge is -2.36. The Bertz CT molecular complexity index is 782. The molecule has 2 aromatic rings. The van der Waals surface area contributed by atoms with Gasteiger partial charge in [-0.05, 0) is 32.9 Å². The third-order valence-electron chi connectivity index (χ3n) is 4.53. The molecule has 1 aliphatic heterocycles. The highest BCUT2D eigenvalue weighted by Crippen LogP contribution is 2.17. The number of amides is 1. The van der Waals surface area contributed by atoms with Crippen LogP contribution in [0.2, 0.25) is 0 Å². The quantitative estimate of drug-likeness (QED) is 0.375. The van der Waals surface area contributed by atoms with Crippen molar-refractivity contribution >= 4 is 47.2 Å². The number of guanidine groups is 1. The third-order valence-corrected chi connectivity index (χ3v) is 5.67.